The zero-order chi connectivity index (χ0) is 11.5. The van der Waals surface area contributed by atoms with Crippen molar-refractivity contribution in [2.45, 2.75) is 32.2 Å². The van der Waals surface area contributed by atoms with Crippen LogP contribution in [-0.4, -0.2) is 18.5 Å². The van der Waals surface area contributed by atoms with E-state index in [-0.39, 0.29) is 5.91 Å². The molecule has 16 heavy (non-hydrogen) atoms. The second-order valence-corrected chi connectivity index (χ2v) is 4.63. The lowest BCUT2D eigenvalue weighted by Gasteiger charge is -2.13. The highest BCUT2D eigenvalue weighted by Gasteiger charge is 2.22. The summed E-state index contributed by atoms with van der Waals surface area (Å²) in [6.45, 7) is 5.00. The maximum Gasteiger partial charge on any atom is 0.220 e. The molecule has 0 radical (unpaired) electrons. The molecule has 1 aromatic carbocycles. The zero-order valence-corrected chi connectivity index (χ0v) is 9.79. The van der Waals surface area contributed by atoms with Crippen molar-refractivity contribution in [1.29, 1.82) is 0 Å². The quantitative estimate of drug-likeness (QED) is 0.815. The summed E-state index contributed by atoms with van der Waals surface area (Å²) >= 11 is 0. The van der Waals surface area contributed by atoms with Crippen LogP contribution in [0, 0.1) is 0 Å². The van der Waals surface area contributed by atoms with E-state index in [4.69, 9.17) is 0 Å². The monoisotopic (exact) mass is 218 g/mol. The van der Waals surface area contributed by atoms with E-state index in [1.807, 2.05) is 6.07 Å². The molecule has 1 saturated heterocycles. The fraction of sp³-hybridized carbons (Fsp3) is 0.462. The van der Waals surface area contributed by atoms with Gasteiger partial charge in [-0.15, -0.1) is 0 Å². The molecule has 0 aromatic heterocycles. The summed E-state index contributed by atoms with van der Waals surface area (Å²) in [5.41, 5.74) is 2.37. The summed E-state index contributed by atoms with van der Waals surface area (Å²) in [5, 5.41) is 6.24. The number of anilines is 1. The van der Waals surface area contributed by atoms with Crippen LogP contribution in [0.15, 0.2) is 24.3 Å². The van der Waals surface area contributed by atoms with E-state index in [9.17, 15) is 4.79 Å². The molecule has 0 spiro atoms. The molecule has 0 saturated carbocycles. The molecule has 0 aliphatic carbocycles. The minimum absolute atomic E-state index is 0.159. The van der Waals surface area contributed by atoms with Gasteiger partial charge in [0, 0.05) is 30.6 Å². The first-order chi connectivity index (χ1) is 7.65. The zero-order valence-electron chi connectivity index (χ0n) is 9.79. The lowest BCUT2D eigenvalue weighted by atomic mass is 9.98. The van der Waals surface area contributed by atoms with Crippen LogP contribution in [0.4, 0.5) is 5.69 Å². The Morgan fingerprint density at radius 1 is 1.44 bits per heavy atom. The Morgan fingerprint density at radius 3 is 2.88 bits per heavy atom. The Labute approximate surface area is 96.2 Å². The topological polar surface area (TPSA) is 41.1 Å². The third-order valence-corrected chi connectivity index (χ3v) is 2.79. The largest absolute Gasteiger partial charge is 0.383 e. The Bertz CT molecular complexity index is 387. The van der Waals surface area contributed by atoms with Crippen molar-refractivity contribution >= 4 is 11.6 Å². The number of hydrogen-bond donors (Lipinski definition) is 2. The Kier molecular flexibility index (Phi) is 3.13. The fourth-order valence-corrected chi connectivity index (χ4v) is 2.06. The van der Waals surface area contributed by atoms with Crippen molar-refractivity contribution in [2.75, 3.05) is 11.9 Å². The van der Waals surface area contributed by atoms with Crippen LogP contribution in [0.5, 0.6) is 0 Å². The predicted molar refractivity (Wildman–Crippen MR) is 65.6 cm³/mol. The number of carbonyl (C=O) groups excluding carboxylic acids is 1. The van der Waals surface area contributed by atoms with Gasteiger partial charge in [0.2, 0.25) is 5.91 Å². The second-order valence-electron chi connectivity index (χ2n) is 4.63. The van der Waals surface area contributed by atoms with Gasteiger partial charge in [-0.2, -0.15) is 0 Å². The summed E-state index contributed by atoms with van der Waals surface area (Å²) < 4.78 is 0. The van der Waals surface area contributed by atoms with E-state index >= 15 is 0 Å². The van der Waals surface area contributed by atoms with Crippen molar-refractivity contribution in [2.24, 2.45) is 0 Å². The number of benzene rings is 1. The summed E-state index contributed by atoms with van der Waals surface area (Å²) in [4.78, 5) is 11.2. The molecule has 3 nitrogen and oxygen atoms in total. The smallest absolute Gasteiger partial charge is 0.220 e. The van der Waals surface area contributed by atoms with Gasteiger partial charge in [0.1, 0.15) is 0 Å². The van der Waals surface area contributed by atoms with Gasteiger partial charge in [0.05, 0.1) is 0 Å². The van der Waals surface area contributed by atoms with Crippen LogP contribution in [-0.2, 0) is 4.79 Å². The van der Waals surface area contributed by atoms with Gasteiger partial charge >= 0.3 is 0 Å². The number of rotatable bonds is 3. The summed E-state index contributed by atoms with van der Waals surface area (Å²) in [6.07, 6.45) is 0.616. The number of hydrogen-bond acceptors (Lipinski definition) is 2. The van der Waals surface area contributed by atoms with Gasteiger partial charge in [-0.25, -0.2) is 0 Å². The maximum atomic E-state index is 11.2. The Morgan fingerprint density at radius 2 is 2.25 bits per heavy atom. The van der Waals surface area contributed by atoms with Gasteiger partial charge in [0.15, 0.2) is 0 Å². The lowest BCUT2D eigenvalue weighted by molar-refractivity contribution is -0.119. The van der Waals surface area contributed by atoms with Crippen molar-refractivity contribution < 1.29 is 4.79 Å². The minimum atomic E-state index is 0.159. The van der Waals surface area contributed by atoms with E-state index in [1.165, 1.54) is 5.56 Å². The highest BCUT2D eigenvalue weighted by atomic mass is 16.1. The predicted octanol–water partition coefficient (Wildman–Crippen LogP) is 2.11. The highest BCUT2D eigenvalue weighted by molar-refractivity contribution is 5.79. The molecule has 1 unspecified atom stereocenters. The van der Waals surface area contributed by atoms with Gasteiger partial charge < -0.3 is 10.6 Å². The molecule has 2 rings (SSSR count). The molecule has 1 heterocycles. The molecular formula is C13H18N2O. The van der Waals surface area contributed by atoms with E-state index in [2.05, 4.69) is 42.7 Å². The summed E-state index contributed by atoms with van der Waals surface area (Å²) in [7, 11) is 0. The van der Waals surface area contributed by atoms with Gasteiger partial charge in [0.25, 0.3) is 0 Å². The third kappa shape index (κ3) is 2.54. The SMILES string of the molecule is CC(C)Nc1cccc(C2CNC(=O)C2)c1. The van der Waals surface area contributed by atoms with Crippen LogP contribution in [0.3, 0.4) is 0 Å². The first-order valence-electron chi connectivity index (χ1n) is 5.78. The Balaban J connectivity index is 2.12. The molecule has 1 aliphatic heterocycles. The van der Waals surface area contributed by atoms with Crippen molar-refractivity contribution in [3.63, 3.8) is 0 Å². The minimum Gasteiger partial charge on any atom is -0.383 e. The molecule has 1 fully saturated rings. The van der Waals surface area contributed by atoms with Crippen molar-refractivity contribution in [3.05, 3.63) is 29.8 Å². The van der Waals surface area contributed by atoms with Gasteiger partial charge in [-0.05, 0) is 31.5 Å². The summed E-state index contributed by atoms with van der Waals surface area (Å²) in [5.74, 6) is 0.494. The fourth-order valence-electron chi connectivity index (χ4n) is 2.06. The Hall–Kier alpha value is -1.51. The van der Waals surface area contributed by atoms with Crippen LogP contribution in [0.25, 0.3) is 0 Å². The number of carbonyl (C=O) groups is 1. The normalized spacial score (nSPS) is 19.9. The summed E-state index contributed by atoms with van der Waals surface area (Å²) in [6, 6.07) is 8.77. The number of nitrogens with one attached hydrogen (secondary N) is 2. The molecule has 1 amide bonds. The highest BCUT2D eigenvalue weighted by Crippen LogP contribution is 2.25. The standard InChI is InChI=1S/C13H18N2O/c1-9(2)15-12-5-3-4-10(6-12)11-7-13(16)14-8-11/h3-6,9,11,15H,7-8H2,1-2H3,(H,14,16). The van der Waals surface area contributed by atoms with E-state index in [0.29, 0.717) is 18.4 Å². The second kappa shape index (κ2) is 4.56. The molecule has 1 aromatic rings. The molecule has 1 aliphatic rings. The third-order valence-electron chi connectivity index (χ3n) is 2.79. The molecule has 0 bridgehead atoms. The lowest BCUT2D eigenvalue weighted by Crippen LogP contribution is -2.13. The molecule has 3 heteroatoms. The first-order valence-corrected chi connectivity index (χ1v) is 5.78. The van der Waals surface area contributed by atoms with Crippen molar-refractivity contribution in [1.82, 2.24) is 5.32 Å². The van der Waals surface area contributed by atoms with Crippen LogP contribution < -0.4 is 10.6 Å². The molecule has 2 N–H and O–H groups in total. The van der Waals surface area contributed by atoms with E-state index in [0.717, 1.165) is 12.2 Å². The number of amides is 1. The maximum absolute atomic E-state index is 11.2. The van der Waals surface area contributed by atoms with Crippen LogP contribution in [0.1, 0.15) is 31.7 Å². The van der Waals surface area contributed by atoms with Gasteiger partial charge in [-0.1, -0.05) is 12.1 Å². The molecule has 86 valence electrons. The van der Waals surface area contributed by atoms with E-state index in [1.54, 1.807) is 0 Å². The van der Waals surface area contributed by atoms with Crippen LogP contribution in [0.2, 0.25) is 0 Å². The molecular weight excluding hydrogens is 200 g/mol. The van der Waals surface area contributed by atoms with Crippen molar-refractivity contribution in [3.8, 4) is 0 Å². The van der Waals surface area contributed by atoms with Crippen LogP contribution >= 0.6 is 0 Å². The molecule has 1 atom stereocenters. The first kappa shape index (κ1) is 11.0. The van der Waals surface area contributed by atoms with Gasteiger partial charge in [-0.3, -0.25) is 4.79 Å². The average Bonchev–Trinajstić information content (AvgIpc) is 2.64. The van der Waals surface area contributed by atoms with E-state index < -0.39 is 0 Å². The average molecular weight is 218 g/mol.